The van der Waals surface area contributed by atoms with Gasteiger partial charge in [-0.15, -0.1) is 0 Å². The van der Waals surface area contributed by atoms with Gasteiger partial charge in [0.2, 0.25) is 0 Å². The number of aliphatic hydroxyl groups excluding tert-OH is 3. The second-order valence-electron chi connectivity index (χ2n) is 6.04. The summed E-state index contributed by atoms with van der Waals surface area (Å²) in [6.45, 7) is 1.46. The Kier molecular flexibility index (Phi) is 5.02. The summed E-state index contributed by atoms with van der Waals surface area (Å²) >= 11 is 0. The van der Waals surface area contributed by atoms with Gasteiger partial charge in [-0.25, -0.2) is 0 Å². The van der Waals surface area contributed by atoms with Crippen LogP contribution >= 0.6 is 0 Å². The largest absolute Gasteiger partial charge is 0.394 e. The summed E-state index contributed by atoms with van der Waals surface area (Å²) in [7, 11) is 0. The van der Waals surface area contributed by atoms with E-state index in [2.05, 4.69) is 5.32 Å². The lowest BCUT2D eigenvalue weighted by Gasteiger charge is -2.28. The van der Waals surface area contributed by atoms with Gasteiger partial charge in [0.05, 0.1) is 30.9 Å². The molecule has 8 heteroatoms. The summed E-state index contributed by atoms with van der Waals surface area (Å²) < 4.78 is 0. The summed E-state index contributed by atoms with van der Waals surface area (Å²) in [5.41, 5.74) is -1.13. The number of carbonyl (C=O) groups excluding carboxylic acids is 3. The molecule has 1 heterocycles. The first-order valence-corrected chi connectivity index (χ1v) is 7.47. The van der Waals surface area contributed by atoms with Crippen LogP contribution in [0.4, 0.5) is 0 Å². The Morgan fingerprint density at radius 3 is 2.12 bits per heavy atom. The van der Waals surface area contributed by atoms with Crippen LogP contribution in [0.2, 0.25) is 0 Å². The maximum absolute atomic E-state index is 12.3. The minimum atomic E-state index is -1.57. The van der Waals surface area contributed by atoms with E-state index >= 15 is 0 Å². The summed E-state index contributed by atoms with van der Waals surface area (Å²) in [5.74, 6) is -1.57. The first-order chi connectivity index (χ1) is 11.3. The molecule has 0 atom stereocenters. The van der Waals surface area contributed by atoms with E-state index in [1.165, 1.54) is 18.2 Å². The van der Waals surface area contributed by atoms with Crippen molar-refractivity contribution in [2.24, 2.45) is 0 Å². The number of aliphatic hydroxyl groups is 3. The fourth-order valence-electron chi connectivity index (χ4n) is 2.45. The van der Waals surface area contributed by atoms with Crippen LogP contribution in [0, 0.1) is 0 Å². The third-order valence-electron chi connectivity index (χ3n) is 3.98. The fourth-order valence-corrected chi connectivity index (χ4v) is 2.45. The summed E-state index contributed by atoms with van der Waals surface area (Å²) in [6, 6.07) is 3.76. The van der Waals surface area contributed by atoms with Crippen molar-refractivity contribution in [3.8, 4) is 0 Å². The Balaban J connectivity index is 2.32. The minimum Gasteiger partial charge on any atom is -0.394 e. The predicted octanol–water partition coefficient (Wildman–Crippen LogP) is -0.863. The first kappa shape index (κ1) is 18.1. The topological polar surface area (TPSA) is 127 Å². The highest BCUT2D eigenvalue weighted by molar-refractivity contribution is 6.22. The van der Waals surface area contributed by atoms with Gasteiger partial charge in [0, 0.05) is 11.6 Å². The number of nitrogens with one attached hydrogen (secondary N) is 1. The number of carbonyl (C=O) groups is 3. The maximum Gasteiger partial charge on any atom is 0.261 e. The third kappa shape index (κ3) is 2.91. The lowest BCUT2D eigenvalue weighted by Crippen LogP contribution is -2.57. The molecule has 0 saturated carbocycles. The number of imide groups is 1. The third-order valence-corrected chi connectivity index (χ3v) is 3.98. The molecular formula is C16H20N2O6. The standard InChI is InChI=1S/C16H20N2O6/c1-9(2)18-14(23)11-4-3-10(5-12(11)15(18)24)13(22)17-16(6-19,7-20)8-21/h3-5,9,19-21H,6-8H2,1-2H3,(H,17,22). The zero-order valence-electron chi connectivity index (χ0n) is 13.4. The average molecular weight is 336 g/mol. The molecule has 130 valence electrons. The van der Waals surface area contributed by atoms with Crippen molar-refractivity contribution >= 4 is 17.7 Å². The van der Waals surface area contributed by atoms with E-state index in [1.807, 2.05) is 0 Å². The summed E-state index contributed by atoms with van der Waals surface area (Å²) in [5, 5.41) is 30.1. The minimum absolute atomic E-state index is 0.0835. The monoisotopic (exact) mass is 336 g/mol. The van der Waals surface area contributed by atoms with Gasteiger partial charge < -0.3 is 20.6 Å². The average Bonchev–Trinajstić information content (AvgIpc) is 2.83. The van der Waals surface area contributed by atoms with Crippen LogP contribution in [0.3, 0.4) is 0 Å². The van der Waals surface area contributed by atoms with Crippen LogP contribution in [0.5, 0.6) is 0 Å². The van der Waals surface area contributed by atoms with E-state index in [1.54, 1.807) is 13.8 Å². The van der Waals surface area contributed by atoms with Gasteiger partial charge >= 0.3 is 0 Å². The molecule has 0 bridgehead atoms. The van der Waals surface area contributed by atoms with Crippen molar-refractivity contribution in [3.63, 3.8) is 0 Å². The molecule has 0 saturated heterocycles. The Labute approximate surface area is 138 Å². The van der Waals surface area contributed by atoms with E-state index in [-0.39, 0.29) is 22.7 Å². The molecule has 0 unspecified atom stereocenters. The van der Waals surface area contributed by atoms with Crippen molar-refractivity contribution in [3.05, 3.63) is 34.9 Å². The number of benzene rings is 1. The van der Waals surface area contributed by atoms with Crippen LogP contribution in [0.25, 0.3) is 0 Å². The molecule has 0 aromatic heterocycles. The Morgan fingerprint density at radius 2 is 1.62 bits per heavy atom. The molecule has 1 aromatic rings. The number of nitrogens with zero attached hydrogens (tertiary/aromatic N) is 1. The molecule has 0 fully saturated rings. The van der Waals surface area contributed by atoms with Gasteiger partial charge in [0.15, 0.2) is 0 Å². The van der Waals surface area contributed by atoms with Crippen LogP contribution in [-0.4, -0.2) is 69.3 Å². The highest BCUT2D eigenvalue weighted by Crippen LogP contribution is 2.25. The first-order valence-electron chi connectivity index (χ1n) is 7.47. The molecule has 8 nitrogen and oxygen atoms in total. The molecule has 1 aliphatic heterocycles. The van der Waals surface area contributed by atoms with E-state index in [4.69, 9.17) is 0 Å². The van der Waals surface area contributed by atoms with E-state index in [0.717, 1.165) is 4.90 Å². The van der Waals surface area contributed by atoms with Crippen molar-refractivity contribution in [1.82, 2.24) is 10.2 Å². The van der Waals surface area contributed by atoms with Crippen molar-refractivity contribution < 1.29 is 29.7 Å². The lowest BCUT2D eigenvalue weighted by atomic mass is 10.0. The number of fused-ring (bicyclic) bond motifs is 1. The highest BCUT2D eigenvalue weighted by atomic mass is 16.3. The molecule has 0 spiro atoms. The van der Waals surface area contributed by atoms with Crippen LogP contribution < -0.4 is 5.32 Å². The zero-order chi connectivity index (χ0) is 18.1. The molecule has 2 rings (SSSR count). The molecule has 0 radical (unpaired) electrons. The van der Waals surface area contributed by atoms with Gasteiger partial charge in [-0.3, -0.25) is 19.3 Å². The maximum atomic E-state index is 12.3. The summed E-state index contributed by atoms with van der Waals surface area (Å²) in [6.07, 6.45) is 0. The summed E-state index contributed by atoms with van der Waals surface area (Å²) in [4.78, 5) is 37.9. The quantitative estimate of drug-likeness (QED) is 0.501. The fraction of sp³-hybridized carbons (Fsp3) is 0.438. The molecule has 1 aromatic carbocycles. The highest BCUT2D eigenvalue weighted by Gasteiger charge is 2.38. The van der Waals surface area contributed by atoms with Gasteiger partial charge in [-0.1, -0.05) is 0 Å². The van der Waals surface area contributed by atoms with Gasteiger partial charge in [0.25, 0.3) is 17.7 Å². The Bertz CT molecular complexity index is 673. The zero-order valence-corrected chi connectivity index (χ0v) is 13.4. The van der Waals surface area contributed by atoms with Crippen LogP contribution in [-0.2, 0) is 0 Å². The van der Waals surface area contributed by atoms with Gasteiger partial charge in [-0.05, 0) is 32.0 Å². The van der Waals surface area contributed by atoms with Crippen molar-refractivity contribution in [2.45, 2.75) is 25.4 Å². The Morgan fingerprint density at radius 1 is 1.08 bits per heavy atom. The SMILES string of the molecule is CC(C)N1C(=O)c2ccc(C(=O)NC(CO)(CO)CO)cc2C1=O. The molecule has 3 amide bonds. The van der Waals surface area contributed by atoms with E-state index in [0.29, 0.717) is 0 Å². The molecule has 0 aliphatic carbocycles. The Hall–Kier alpha value is -2.29. The number of hydrogen-bond donors (Lipinski definition) is 4. The molecular weight excluding hydrogens is 316 g/mol. The van der Waals surface area contributed by atoms with Gasteiger partial charge in [0.1, 0.15) is 5.54 Å². The predicted molar refractivity (Wildman–Crippen MR) is 83.5 cm³/mol. The second kappa shape index (κ2) is 6.68. The van der Waals surface area contributed by atoms with Gasteiger partial charge in [-0.2, -0.15) is 0 Å². The smallest absolute Gasteiger partial charge is 0.261 e. The number of rotatable bonds is 6. The van der Waals surface area contributed by atoms with Crippen molar-refractivity contribution in [2.75, 3.05) is 19.8 Å². The van der Waals surface area contributed by atoms with Crippen LogP contribution in [0.1, 0.15) is 44.9 Å². The number of amides is 3. The molecule has 1 aliphatic rings. The normalized spacial score (nSPS) is 14.3. The second-order valence-corrected chi connectivity index (χ2v) is 6.04. The van der Waals surface area contributed by atoms with Crippen molar-refractivity contribution in [1.29, 1.82) is 0 Å². The lowest BCUT2D eigenvalue weighted by molar-refractivity contribution is 0.0375. The van der Waals surface area contributed by atoms with Crippen LogP contribution in [0.15, 0.2) is 18.2 Å². The molecule has 4 N–H and O–H groups in total. The van der Waals surface area contributed by atoms with E-state index < -0.39 is 43.1 Å². The van der Waals surface area contributed by atoms with E-state index in [9.17, 15) is 29.7 Å². The number of hydrogen-bond acceptors (Lipinski definition) is 6. The molecule has 24 heavy (non-hydrogen) atoms.